The fourth-order valence-electron chi connectivity index (χ4n) is 5.84. The number of rotatable bonds is 4. The Morgan fingerprint density at radius 1 is 0.846 bits per heavy atom. The van der Waals surface area contributed by atoms with Crippen LogP contribution in [0.15, 0.2) is 94.7 Å². The fourth-order valence-corrected chi connectivity index (χ4v) is 7.35. The molecule has 8 heteroatoms. The van der Waals surface area contributed by atoms with E-state index in [4.69, 9.17) is 34.8 Å². The van der Waals surface area contributed by atoms with Gasteiger partial charge in [0.05, 0.1) is 6.04 Å². The molecular formula is C31H23Cl3N2O2S. The summed E-state index contributed by atoms with van der Waals surface area (Å²) in [5, 5.41) is 7.83. The Morgan fingerprint density at radius 2 is 1.56 bits per heavy atom. The van der Waals surface area contributed by atoms with Gasteiger partial charge in [0.2, 0.25) is 11.8 Å². The Balaban J connectivity index is 1.60. The Bertz CT molecular complexity index is 1620. The van der Waals surface area contributed by atoms with Crippen molar-refractivity contribution in [3.05, 3.63) is 122 Å². The zero-order chi connectivity index (χ0) is 27.3. The van der Waals surface area contributed by atoms with Crippen molar-refractivity contribution in [1.29, 1.82) is 0 Å². The second-order valence-electron chi connectivity index (χ2n) is 9.92. The van der Waals surface area contributed by atoms with E-state index in [9.17, 15) is 9.59 Å². The maximum atomic E-state index is 14.3. The molecule has 2 heterocycles. The van der Waals surface area contributed by atoms with Gasteiger partial charge in [0, 0.05) is 42.9 Å². The summed E-state index contributed by atoms with van der Waals surface area (Å²) in [6.07, 6.45) is 0.118. The van der Waals surface area contributed by atoms with Crippen LogP contribution in [0.5, 0.6) is 0 Å². The summed E-state index contributed by atoms with van der Waals surface area (Å²) in [4.78, 5) is 29.6. The summed E-state index contributed by atoms with van der Waals surface area (Å²) < 4.78 is 0. The number of nitrogens with one attached hydrogen (secondary N) is 2. The Labute approximate surface area is 246 Å². The zero-order valence-electron chi connectivity index (χ0n) is 20.8. The lowest BCUT2D eigenvalue weighted by Gasteiger charge is -2.46. The number of hydrogen-bond donors (Lipinski definition) is 2. The molecule has 2 aliphatic heterocycles. The number of halogens is 3. The summed E-state index contributed by atoms with van der Waals surface area (Å²) in [6, 6.07) is 26.0. The molecule has 2 aliphatic rings. The van der Waals surface area contributed by atoms with Gasteiger partial charge >= 0.3 is 0 Å². The molecule has 39 heavy (non-hydrogen) atoms. The molecule has 0 unspecified atom stereocenters. The number of anilines is 1. The summed E-state index contributed by atoms with van der Waals surface area (Å²) in [5.41, 5.74) is 2.98. The average Bonchev–Trinajstić information content (AvgIpc) is 3.18. The van der Waals surface area contributed by atoms with Crippen LogP contribution in [0, 0.1) is 6.92 Å². The third-order valence-electron chi connectivity index (χ3n) is 7.53. The van der Waals surface area contributed by atoms with E-state index in [1.807, 2.05) is 49.4 Å². The lowest BCUT2D eigenvalue weighted by molar-refractivity contribution is -0.131. The van der Waals surface area contributed by atoms with Crippen LogP contribution >= 0.6 is 46.6 Å². The molecule has 1 fully saturated rings. The van der Waals surface area contributed by atoms with E-state index in [-0.39, 0.29) is 18.2 Å². The maximum absolute atomic E-state index is 14.3. The monoisotopic (exact) mass is 592 g/mol. The summed E-state index contributed by atoms with van der Waals surface area (Å²) in [6.45, 7) is 2.04. The summed E-state index contributed by atoms with van der Waals surface area (Å²) in [5.74, 6) is -0.855. The van der Waals surface area contributed by atoms with Gasteiger partial charge in [-0.25, -0.2) is 0 Å². The lowest BCUT2D eigenvalue weighted by Crippen LogP contribution is -2.57. The quantitative estimate of drug-likeness (QED) is 0.250. The van der Waals surface area contributed by atoms with Gasteiger partial charge in [-0.3, -0.25) is 9.59 Å². The Morgan fingerprint density at radius 3 is 2.33 bits per heavy atom. The molecule has 4 aromatic rings. The number of piperidine rings is 1. The molecule has 4 nitrogen and oxygen atoms in total. The summed E-state index contributed by atoms with van der Waals surface area (Å²) in [7, 11) is 0. The van der Waals surface area contributed by atoms with Gasteiger partial charge < -0.3 is 10.6 Å². The lowest BCUT2D eigenvalue weighted by atomic mass is 9.59. The minimum Gasteiger partial charge on any atom is -0.348 e. The van der Waals surface area contributed by atoms with Crippen LogP contribution in [0.25, 0.3) is 0 Å². The Kier molecular flexibility index (Phi) is 6.88. The molecule has 0 aromatic heterocycles. The van der Waals surface area contributed by atoms with Crippen molar-refractivity contribution in [3.8, 4) is 0 Å². The standard InChI is InChI=1S/C31H23Cl3N2O2S/c1-17-5-9-22(10-6-17)39-27-12-8-20(33)14-23(27)29-31(24-11-7-21(34)15-26(24)35-30(31)38)25(16-28(37)36-29)18-3-2-4-19(32)13-18/h2-15,25,29H,16H2,1H3,(H,35,38)(H,36,37)/t25-,29-,31-/m0/s1. The molecule has 2 amide bonds. The van der Waals surface area contributed by atoms with Crippen LogP contribution in [0.3, 0.4) is 0 Å². The predicted octanol–water partition coefficient (Wildman–Crippen LogP) is 8.34. The molecule has 0 saturated carbocycles. The van der Waals surface area contributed by atoms with Crippen LogP contribution in [0.1, 0.15) is 40.6 Å². The highest BCUT2D eigenvalue weighted by atomic mass is 35.5. The van der Waals surface area contributed by atoms with E-state index in [0.717, 1.165) is 32.0 Å². The van der Waals surface area contributed by atoms with Crippen LogP contribution in [0.4, 0.5) is 5.69 Å². The van der Waals surface area contributed by atoms with Crippen LogP contribution in [-0.2, 0) is 15.0 Å². The number of aryl methyl sites for hydroxylation is 1. The first kappa shape index (κ1) is 26.3. The van der Waals surface area contributed by atoms with Crippen molar-refractivity contribution >= 4 is 64.1 Å². The van der Waals surface area contributed by atoms with E-state index in [2.05, 4.69) is 34.9 Å². The van der Waals surface area contributed by atoms with E-state index in [1.54, 1.807) is 30.0 Å². The van der Waals surface area contributed by atoms with Crippen molar-refractivity contribution in [3.63, 3.8) is 0 Å². The smallest absolute Gasteiger partial charge is 0.238 e. The Hall–Kier alpha value is -2.96. The molecule has 4 aromatic carbocycles. The SMILES string of the molecule is Cc1ccc(Sc2ccc(Cl)cc2[C@@H]2NC(=O)C[C@@H](c3cccc(Cl)c3)[C@]23C(=O)Nc2cc(Cl)ccc23)cc1. The van der Waals surface area contributed by atoms with Crippen LogP contribution < -0.4 is 10.6 Å². The van der Waals surface area contributed by atoms with Gasteiger partial charge in [0.1, 0.15) is 5.41 Å². The maximum Gasteiger partial charge on any atom is 0.238 e. The van der Waals surface area contributed by atoms with Gasteiger partial charge in [-0.15, -0.1) is 0 Å². The van der Waals surface area contributed by atoms with Gasteiger partial charge in [-0.05, 0) is 78.2 Å². The number of fused-ring (bicyclic) bond motifs is 2. The van der Waals surface area contributed by atoms with Crippen molar-refractivity contribution in [2.45, 2.75) is 40.5 Å². The number of carbonyl (C=O) groups excluding carboxylic acids is 2. The topological polar surface area (TPSA) is 58.2 Å². The predicted molar refractivity (Wildman–Crippen MR) is 158 cm³/mol. The first-order chi connectivity index (χ1) is 18.8. The molecule has 0 bridgehead atoms. The highest BCUT2D eigenvalue weighted by Gasteiger charge is 2.61. The second-order valence-corrected chi connectivity index (χ2v) is 12.3. The second kappa shape index (κ2) is 10.2. The zero-order valence-corrected chi connectivity index (χ0v) is 23.9. The molecule has 1 spiro atoms. The van der Waals surface area contributed by atoms with Crippen molar-refractivity contribution in [2.24, 2.45) is 0 Å². The summed E-state index contributed by atoms with van der Waals surface area (Å²) >= 11 is 20.9. The minimum absolute atomic E-state index is 0.118. The fraction of sp³-hybridized carbons (Fsp3) is 0.161. The van der Waals surface area contributed by atoms with E-state index >= 15 is 0 Å². The van der Waals surface area contributed by atoms with Gasteiger partial charge in [0.15, 0.2) is 0 Å². The van der Waals surface area contributed by atoms with Crippen molar-refractivity contribution in [2.75, 3.05) is 5.32 Å². The molecule has 2 N–H and O–H groups in total. The van der Waals surface area contributed by atoms with Gasteiger partial charge in [-0.2, -0.15) is 0 Å². The van der Waals surface area contributed by atoms with Gasteiger partial charge in [-0.1, -0.05) is 82.5 Å². The number of hydrogen-bond acceptors (Lipinski definition) is 3. The highest BCUT2D eigenvalue weighted by molar-refractivity contribution is 7.99. The van der Waals surface area contributed by atoms with Crippen LogP contribution in [-0.4, -0.2) is 11.8 Å². The average molecular weight is 594 g/mol. The van der Waals surface area contributed by atoms with E-state index in [0.29, 0.717) is 20.8 Å². The highest BCUT2D eigenvalue weighted by Crippen LogP contribution is 2.58. The van der Waals surface area contributed by atoms with Crippen molar-refractivity contribution in [1.82, 2.24) is 5.32 Å². The van der Waals surface area contributed by atoms with Crippen LogP contribution in [0.2, 0.25) is 15.1 Å². The molecule has 6 rings (SSSR count). The molecule has 0 radical (unpaired) electrons. The third kappa shape index (κ3) is 4.62. The minimum atomic E-state index is -1.17. The first-order valence-electron chi connectivity index (χ1n) is 12.5. The van der Waals surface area contributed by atoms with E-state index in [1.165, 1.54) is 0 Å². The number of amides is 2. The molecule has 0 aliphatic carbocycles. The first-order valence-corrected chi connectivity index (χ1v) is 14.4. The molecule has 1 saturated heterocycles. The van der Waals surface area contributed by atoms with Crippen molar-refractivity contribution < 1.29 is 9.59 Å². The number of benzene rings is 4. The largest absolute Gasteiger partial charge is 0.348 e. The third-order valence-corrected chi connectivity index (χ3v) is 9.34. The van der Waals surface area contributed by atoms with Gasteiger partial charge in [0.25, 0.3) is 0 Å². The van der Waals surface area contributed by atoms with E-state index < -0.39 is 17.4 Å². The normalized spacial score (nSPS) is 21.9. The molecular weight excluding hydrogens is 571 g/mol. The molecule has 3 atom stereocenters. The number of carbonyl (C=O) groups is 2. The molecule has 196 valence electrons.